The SMILES string of the molecule is CCN1CCC(N(C)S(=O)(=O)c2[nH]ncc2CN)CC1. The molecular formula is C12H23N5O2S. The van der Waals surface area contributed by atoms with Crippen molar-refractivity contribution >= 4 is 10.0 Å². The molecule has 1 aromatic rings. The number of likely N-dealkylation sites (tertiary alicyclic amines) is 1. The third-order valence-electron chi connectivity index (χ3n) is 4.05. The van der Waals surface area contributed by atoms with Gasteiger partial charge in [-0.05, 0) is 32.5 Å². The Morgan fingerprint density at radius 3 is 2.70 bits per heavy atom. The van der Waals surface area contributed by atoms with Crippen LogP contribution in [0, 0.1) is 0 Å². The molecule has 0 aromatic carbocycles. The van der Waals surface area contributed by atoms with Gasteiger partial charge in [0.05, 0.1) is 6.20 Å². The maximum absolute atomic E-state index is 12.6. The lowest BCUT2D eigenvalue weighted by atomic mass is 10.1. The molecule has 0 aliphatic carbocycles. The molecule has 0 spiro atoms. The van der Waals surface area contributed by atoms with E-state index in [0.717, 1.165) is 32.5 Å². The highest BCUT2D eigenvalue weighted by atomic mass is 32.2. The topological polar surface area (TPSA) is 95.3 Å². The fourth-order valence-electron chi connectivity index (χ4n) is 2.61. The molecule has 0 bridgehead atoms. The van der Waals surface area contributed by atoms with Gasteiger partial charge in [-0.25, -0.2) is 8.42 Å². The van der Waals surface area contributed by atoms with Gasteiger partial charge in [0, 0.05) is 25.2 Å². The van der Waals surface area contributed by atoms with Gasteiger partial charge in [-0.2, -0.15) is 9.40 Å². The molecule has 1 aromatic heterocycles. The van der Waals surface area contributed by atoms with Gasteiger partial charge in [0.15, 0.2) is 5.03 Å². The highest BCUT2D eigenvalue weighted by Gasteiger charge is 2.32. The molecule has 20 heavy (non-hydrogen) atoms. The summed E-state index contributed by atoms with van der Waals surface area (Å²) in [5.41, 5.74) is 6.09. The summed E-state index contributed by atoms with van der Waals surface area (Å²) in [7, 11) is -1.90. The van der Waals surface area contributed by atoms with Crippen molar-refractivity contribution in [3.63, 3.8) is 0 Å². The summed E-state index contributed by atoms with van der Waals surface area (Å²) < 4.78 is 26.7. The second-order valence-electron chi connectivity index (χ2n) is 5.12. The van der Waals surface area contributed by atoms with E-state index in [-0.39, 0.29) is 17.6 Å². The first-order chi connectivity index (χ1) is 9.50. The Labute approximate surface area is 120 Å². The molecule has 0 unspecified atom stereocenters. The molecule has 8 heteroatoms. The molecule has 1 aliphatic rings. The fraction of sp³-hybridized carbons (Fsp3) is 0.750. The number of aromatic nitrogens is 2. The molecule has 1 fully saturated rings. The highest BCUT2D eigenvalue weighted by molar-refractivity contribution is 7.89. The van der Waals surface area contributed by atoms with Gasteiger partial charge >= 0.3 is 0 Å². The molecule has 3 N–H and O–H groups in total. The largest absolute Gasteiger partial charge is 0.326 e. The summed E-state index contributed by atoms with van der Waals surface area (Å²) >= 11 is 0. The Morgan fingerprint density at radius 1 is 1.50 bits per heavy atom. The normalized spacial score (nSPS) is 18.8. The van der Waals surface area contributed by atoms with Crippen LogP contribution in [-0.4, -0.2) is 60.5 Å². The number of hydrogen-bond donors (Lipinski definition) is 2. The van der Waals surface area contributed by atoms with Crippen molar-refractivity contribution < 1.29 is 8.42 Å². The maximum Gasteiger partial charge on any atom is 0.260 e. The van der Waals surface area contributed by atoms with Gasteiger partial charge in [-0.1, -0.05) is 6.92 Å². The van der Waals surface area contributed by atoms with Crippen LogP contribution in [0.1, 0.15) is 25.3 Å². The van der Waals surface area contributed by atoms with Crippen LogP contribution in [0.2, 0.25) is 0 Å². The zero-order valence-corrected chi connectivity index (χ0v) is 12.9. The minimum absolute atomic E-state index is 0.0386. The number of nitrogens with zero attached hydrogens (tertiary/aromatic N) is 3. The Hall–Kier alpha value is -0.960. The monoisotopic (exact) mass is 301 g/mol. The van der Waals surface area contributed by atoms with Gasteiger partial charge in [-0.3, -0.25) is 5.10 Å². The standard InChI is InChI=1S/C12H23N5O2S/c1-3-17-6-4-11(5-7-17)16(2)20(18,19)12-10(8-13)9-14-15-12/h9,11H,3-8,13H2,1-2H3,(H,14,15). The average molecular weight is 301 g/mol. The van der Waals surface area contributed by atoms with Crippen LogP contribution in [0.5, 0.6) is 0 Å². The molecule has 0 amide bonds. The third kappa shape index (κ3) is 2.88. The van der Waals surface area contributed by atoms with Gasteiger partial charge in [-0.15, -0.1) is 0 Å². The van der Waals surface area contributed by atoms with Crippen molar-refractivity contribution in [1.82, 2.24) is 19.4 Å². The van der Waals surface area contributed by atoms with Crippen molar-refractivity contribution in [2.24, 2.45) is 5.73 Å². The molecule has 2 rings (SSSR count). The van der Waals surface area contributed by atoms with Crippen LogP contribution in [0.15, 0.2) is 11.2 Å². The maximum atomic E-state index is 12.6. The zero-order chi connectivity index (χ0) is 14.8. The number of sulfonamides is 1. The van der Waals surface area contributed by atoms with Crippen LogP contribution < -0.4 is 5.73 Å². The Balaban J connectivity index is 2.14. The quantitative estimate of drug-likeness (QED) is 0.796. The zero-order valence-electron chi connectivity index (χ0n) is 12.0. The number of piperidine rings is 1. The number of H-pyrrole nitrogens is 1. The molecular weight excluding hydrogens is 278 g/mol. The molecule has 0 radical (unpaired) electrons. The van der Waals surface area contributed by atoms with E-state index in [0.29, 0.717) is 5.56 Å². The first-order valence-electron chi connectivity index (χ1n) is 6.93. The number of aromatic amines is 1. The van der Waals surface area contributed by atoms with Crippen LogP contribution >= 0.6 is 0 Å². The van der Waals surface area contributed by atoms with E-state index < -0.39 is 10.0 Å². The number of hydrogen-bond acceptors (Lipinski definition) is 5. The number of nitrogens with two attached hydrogens (primary N) is 1. The molecule has 114 valence electrons. The lowest BCUT2D eigenvalue weighted by molar-refractivity contribution is 0.176. The van der Waals surface area contributed by atoms with E-state index in [9.17, 15) is 8.42 Å². The van der Waals surface area contributed by atoms with Gasteiger partial charge in [0.2, 0.25) is 0 Å². The summed E-state index contributed by atoms with van der Waals surface area (Å²) in [4.78, 5) is 2.33. The Morgan fingerprint density at radius 2 is 2.15 bits per heavy atom. The van der Waals surface area contributed by atoms with E-state index in [1.807, 2.05) is 0 Å². The molecule has 0 saturated carbocycles. The van der Waals surface area contributed by atoms with Crippen molar-refractivity contribution in [1.29, 1.82) is 0 Å². The third-order valence-corrected chi connectivity index (χ3v) is 5.98. The second-order valence-corrected chi connectivity index (χ2v) is 7.05. The lowest BCUT2D eigenvalue weighted by Gasteiger charge is -2.35. The number of nitrogens with one attached hydrogen (secondary N) is 1. The van der Waals surface area contributed by atoms with Gasteiger partial charge in [0.25, 0.3) is 10.0 Å². The van der Waals surface area contributed by atoms with Crippen LogP contribution in [0.3, 0.4) is 0 Å². The Kier molecular flexibility index (Phi) is 4.79. The second kappa shape index (κ2) is 6.21. The minimum atomic E-state index is -3.55. The summed E-state index contributed by atoms with van der Waals surface area (Å²) in [5, 5.41) is 6.49. The van der Waals surface area contributed by atoms with Crippen molar-refractivity contribution in [3.05, 3.63) is 11.8 Å². The van der Waals surface area contributed by atoms with Crippen LogP contribution in [-0.2, 0) is 16.6 Å². The van der Waals surface area contributed by atoms with E-state index >= 15 is 0 Å². The van der Waals surface area contributed by atoms with E-state index in [1.165, 1.54) is 10.5 Å². The van der Waals surface area contributed by atoms with Crippen LogP contribution in [0.4, 0.5) is 0 Å². The van der Waals surface area contributed by atoms with Crippen LogP contribution in [0.25, 0.3) is 0 Å². The first kappa shape index (κ1) is 15.4. The molecule has 0 atom stereocenters. The van der Waals surface area contributed by atoms with Crippen molar-refractivity contribution in [3.8, 4) is 0 Å². The van der Waals surface area contributed by atoms with E-state index in [4.69, 9.17) is 5.73 Å². The summed E-state index contributed by atoms with van der Waals surface area (Å²) in [6.45, 7) is 5.18. The van der Waals surface area contributed by atoms with Gasteiger partial charge in [0.1, 0.15) is 0 Å². The molecule has 1 saturated heterocycles. The highest BCUT2D eigenvalue weighted by Crippen LogP contribution is 2.23. The number of rotatable bonds is 5. The fourth-order valence-corrected chi connectivity index (χ4v) is 4.13. The first-order valence-corrected chi connectivity index (χ1v) is 8.37. The van der Waals surface area contributed by atoms with Crippen molar-refractivity contribution in [2.75, 3.05) is 26.7 Å². The van der Waals surface area contributed by atoms with Gasteiger partial charge < -0.3 is 10.6 Å². The predicted octanol–water partition coefficient (Wildman–Crippen LogP) is -0.0268. The summed E-state index contributed by atoms with van der Waals surface area (Å²) in [5.74, 6) is 0. The Bertz CT molecular complexity index is 534. The summed E-state index contributed by atoms with van der Waals surface area (Å²) in [6.07, 6.45) is 3.19. The summed E-state index contributed by atoms with van der Waals surface area (Å²) in [6, 6.07) is 0.0386. The van der Waals surface area contributed by atoms with Crippen molar-refractivity contribution in [2.45, 2.75) is 37.4 Å². The average Bonchev–Trinajstić information content (AvgIpc) is 2.95. The predicted molar refractivity (Wildman–Crippen MR) is 76.6 cm³/mol. The molecule has 2 heterocycles. The van der Waals surface area contributed by atoms with E-state index in [2.05, 4.69) is 22.0 Å². The lowest BCUT2D eigenvalue weighted by Crippen LogP contribution is -2.45. The smallest absolute Gasteiger partial charge is 0.260 e. The van der Waals surface area contributed by atoms with E-state index in [1.54, 1.807) is 7.05 Å². The molecule has 1 aliphatic heterocycles. The molecule has 7 nitrogen and oxygen atoms in total. The minimum Gasteiger partial charge on any atom is -0.326 e.